The summed E-state index contributed by atoms with van der Waals surface area (Å²) in [6.07, 6.45) is 3.06. The van der Waals surface area contributed by atoms with Crippen LogP contribution in [0.25, 0.3) is 0 Å². The predicted molar refractivity (Wildman–Crippen MR) is 74.7 cm³/mol. The molecule has 2 heteroatoms. The molecule has 0 saturated heterocycles. The van der Waals surface area contributed by atoms with Crippen molar-refractivity contribution < 1.29 is 4.74 Å². The molecule has 1 unspecified atom stereocenters. The molecule has 0 aromatic heterocycles. The van der Waals surface area contributed by atoms with Crippen molar-refractivity contribution in [1.82, 2.24) is 5.32 Å². The van der Waals surface area contributed by atoms with Crippen molar-refractivity contribution in [2.45, 2.75) is 39.2 Å². The van der Waals surface area contributed by atoms with Crippen molar-refractivity contribution >= 4 is 0 Å². The molecular formula is C16H21NO. The van der Waals surface area contributed by atoms with Gasteiger partial charge < -0.3 is 10.1 Å². The molecule has 2 rings (SSSR count). The molecule has 1 aliphatic heterocycles. The van der Waals surface area contributed by atoms with Crippen LogP contribution in [-0.2, 0) is 6.42 Å². The third-order valence-corrected chi connectivity index (χ3v) is 3.34. The van der Waals surface area contributed by atoms with E-state index in [1.807, 2.05) is 6.92 Å². The largest absolute Gasteiger partial charge is 0.493 e. The van der Waals surface area contributed by atoms with Gasteiger partial charge in [0.05, 0.1) is 6.61 Å². The molecule has 1 heterocycles. The highest BCUT2D eigenvalue weighted by Crippen LogP contribution is 2.28. The van der Waals surface area contributed by atoms with Crippen molar-refractivity contribution in [3.63, 3.8) is 0 Å². The summed E-state index contributed by atoms with van der Waals surface area (Å²) in [6, 6.07) is 6.99. The molecule has 0 radical (unpaired) electrons. The average molecular weight is 243 g/mol. The Hall–Kier alpha value is -1.46. The highest BCUT2D eigenvalue weighted by Gasteiger charge is 2.15. The molecule has 1 aliphatic rings. The Morgan fingerprint density at radius 2 is 2.33 bits per heavy atom. The Balaban J connectivity index is 2.00. The fourth-order valence-corrected chi connectivity index (χ4v) is 2.36. The van der Waals surface area contributed by atoms with Crippen LogP contribution < -0.4 is 10.1 Å². The monoisotopic (exact) mass is 243 g/mol. The zero-order chi connectivity index (χ0) is 12.8. The third kappa shape index (κ3) is 3.05. The van der Waals surface area contributed by atoms with Crippen LogP contribution in [-0.4, -0.2) is 13.2 Å². The Labute approximate surface area is 110 Å². The summed E-state index contributed by atoms with van der Waals surface area (Å²) in [5.41, 5.74) is 2.72. The molecule has 1 N–H and O–H groups in total. The first kappa shape index (κ1) is 13.0. The maximum Gasteiger partial charge on any atom is 0.122 e. The first-order valence-corrected chi connectivity index (χ1v) is 6.73. The quantitative estimate of drug-likeness (QED) is 0.634. The fraction of sp³-hybridized carbons (Fsp3) is 0.500. The molecule has 2 nitrogen and oxygen atoms in total. The van der Waals surface area contributed by atoms with E-state index in [1.54, 1.807) is 0 Å². The number of fused-ring (bicyclic) bond motifs is 1. The topological polar surface area (TPSA) is 21.3 Å². The van der Waals surface area contributed by atoms with Gasteiger partial charge in [-0.1, -0.05) is 19.1 Å². The molecule has 0 amide bonds. The molecule has 96 valence electrons. The van der Waals surface area contributed by atoms with Crippen molar-refractivity contribution in [3.05, 3.63) is 29.3 Å². The molecule has 0 aliphatic carbocycles. The summed E-state index contributed by atoms with van der Waals surface area (Å²) in [5, 5.41) is 3.57. The van der Waals surface area contributed by atoms with Gasteiger partial charge in [-0.25, -0.2) is 0 Å². The number of nitrogens with one attached hydrogen (secondary N) is 1. The van der Waals surface area contributed by atoms with Gasteiger partial charge in [-0.2, -0.15) is 0 Å². The summed E-state index contributed by atoms with van der Waals surface area (Å²) < 4.78 is 5.54. The normalized spacial score (nSPS) is 14.3. The minimum Gasteiger partial charge on any atom is -0.493 e. The third-order valence-electron chi connectivity index (χ3n) is 3.34. The highest BCUT2D eigenvalue weighted by atomic mass is 16.5. The number of ether oxygens (including phenoxy) is 1. The zero-order valence-electron chi connectivity index (χ0n) is 11.3. The van der Waals surface area contributed by atoms with Crippen LogP contribution in [0.3, 0.4) is 0 Å². The minimum atomic E-state index is 0.426. The van der Waals surface area contributed by atoms with E-state index in [2.05, 4.69) is 42.3 Å². The van der Waals surface area contributed by atoms with Crippen LogP contribution in [0.5, 0.6) is 5.75 Å². The van der Waals surface area contributed by atoms with E-state index in [0.29, 0.717) is 6.04 Å². The average Bonchev–Trinajstić information content (AvgIpc) is 2.86. The van der Waals surface area contributed by atoms with E-state index in [9.17, 15) is 0 Å². The van der Waals surface area contributed by atoms with Gasteiger partial charge in [0.2, 0.25) is 0 Å². The SMILES string of the molecule is CC#CCCNC(CC)c1ccc2c(c1)CCO2. The Kier molecular flexibility index (Phi) is 4.66. The molecule has 0 fully saturated rings. The standard InChI is InChI=1S/C16H21NO/c1-3-5-6-10-17-15(4-2)13-7-8-16-14(12-13)9-11-18-16/h7-8,12,15,17H,4,6,9-11H2,1-2H3. The van der Waals surface area contributed by atoms with E-state index in [0.717, 1.165) is 38.2 Å². The number of rotatable bonds is 5. The zero-order valence-corrected chi connectivity index (χ0v) is 11.3. The maximum atomic E-state index is 5.54. The lowest BCUT2D eigenvalue weighted by Gasteiger charge is -2.17. The lowest BCUT2D eigenvalue weighted by atomic mass is 10.0. The smallest absolute Gasteiger partial charge is 0.122 e. The molecule has 1 atom stereocenters. The lowest BCUT2D eigenvalue weighted by molar-refractivity contribution is 0.356. The number of hydrogen-bond donors (Lipinski definition) is 1. The number of benzene rings is 1. The second-order valence-corrected chi connectivity index (χ2v) is 4.56. The van der Waals surface area contributed by atoms with Crippen LogP contribution in [0.4, 0.5) is 0 Å². The summed E-state index contributed by atoms with van der Waals surface area (Å²) in [7, 11) is 0. The van der Waals surface area contributed by atoms with Gasteiger partial charge in [0.15, 0.2) is 0 Å². The van der Waals surface area contributed by atoms with Gasteiger partial charge in [-0.3, -0.25) is 0 Å². The van der Waals surface area contributed by atoms with Gasteiger partial charge >= 0.3 is 0 Å². The molecule has 0 bridgehead atoms. The molecule has 0 saturated carbocycles. The van der Waals surface area contributed by atoms with Crippen molar-refractivity contribution in [1.29, 1.82) is 0 Å². The molecule has 18 heavy (non-hydrogen) atoms. The van der Waals surface area contributed by atoms with Crippen LogP contribution >= 0.6 is 0 Å². The van der Waals surface area contributed by atoms with Gasteiger partial charge in [-0.15, -0.1) is 11.8 Å². The summed E-state index contributed by atoms with van der Waals surface area (Å²) in [5.74, 6) is 7.08. The maximum absolute atomic E-state index is 5.54. The highest BCUT2D eigenvalue weighted by molar-refractivity contribution is 5.40. The minimum absolute atomic E-state index is 0.426. The van der Waals surface area contributed by atoms with Crippen molar-refractivity contribution in [2.75, 3.05) is 13.2 Å². The summed E-state index contributed by atoms with van der Waals surface area (Å²) in [6.45, 7) is 5.88. The van der Waals surface area contributed by atoms with Crippen molar-refractivity contribution in [3.8, 4) is 17.6 Å². The first-order valence-electron chi connectivity index (χ1n) is 6.73. The second-order valence-electron chi connectivity index (χ2n) is 4.56. The Morgan fingerprint density at radius 1 is 1.44 bits per heavy atom. The van der Waals surface area contributed by atoms with Gasteiger partial charge in [0, 0.05) is 25.4 Å². The molecule has 0 spiro atoms. The molecule has 1 aromatic carbocycles. The van der Waals surface area contributed by atoms with Gasteiger partial charge in [0.25, 0.3) is 0 Å². The van der Waals surface area contributed by atoms with Gasteiger partial charge in [-0.05, 0) is 30.5 Å². The van der Waals surface area contributed by atoms with E-state index in [-0.39, 0.29) is 0 Å². The molecular weight excluding hydrogens is 222 g/mol. The van der Waals surface area contributed by atoms with Crippen LogP contribution in [0, 0.1) is 11.8 Å². The Morgan fingerprint density at radius 3 is 3.11 bits per heavy atom. The number of hydrogen-bond acceptors (Lipinski definition) is 2. The van der Waals surface area contributed by atoms with E-state index in [1.165, 1.54) is 11.1 Å². The molecule has 1 aromatic rings. The van der Waals surface area contributed by atoms with Crippen LogP contribution in [0.2, 0.25) is 0 Å². The second kappa shape index (κ2) is 6.47. The van der Waals surface area contributed by atoms with Crippen molar-refractivity contribution in [2.24, 2.45) is 0 Å². The first-order chi connectivity index (χ1) is 8.85. The van der Waals surface area contributed by atoms with E-state index < -0.39 is 0 Å². The van der Waals surface area contributed by atoms with Gasteiger partial charge in [0.1, 0.15) is 5.75 Å². The lowest BCUT2D eigenvalue weighted by Crippen LogP contribution is -2.21. The van der Waals surface area contributed by atoms with E-state index in [4.69, 9.17) is 4.74 Å². The predicted octanol–water partition coefficient (Wildman–Crippen LogP) is 3.08. The summed E-state index contributed by atoms with van der Waals surface area (Å²) in [4.78, 5) is 0. The van der Waals surface area contributed by atoms with E-state index >= 15 is 0 Å². The fourth-order valence-electron chi connectivity index (χ4n) is 2.36. The van der Waals surface area contributed by atoms with Crippen LogP contribution in [0.15, 0.2) is 18.2 Å². The summed E-state index contributed by atoms with van der Waals surface area (Å²) >= 11 is 0. The van der Waals surface area contributed by atoms with Crippen LogP contribution in [0.1, 0.15) is 43.9 Å². The Bertz CT molecular complexity index is 456.